The molecule has 0 unspecified atom stereocenters. The minimum Gasteiger partial charge on any atom is -0.390 e. The molecular weight excluding hydrogens is 331 g/mol. The van der Waals surface area contributed by atoms with Crippen LogP contribution in [-0.4, -0.2) is 35.7 Å². The van der Waals surface area contributed by atoms with Gasteiger partial charge in [0.05, 0.1) is 12.3 Å². The topological polar surface area (TPSA) is 41.9 Å². The van der Waals surface area contributed by atoms with Crippen LogP contribution < -0.4 is 0 Å². The van der Waals surface area contributed by atoms with Crippen molar-refractivity contribution in [1.82, 2.24) is 4.90 Å². The van der Waals surface area contributed by atoms with Crippen molar-refractivity contribution in [2.45, 2.75) is 51.0 Å². The van der Waals surface area contributed by atoms with E-state index in [-0.39, 0.29) is 17.8 Å². The van der Waals surface area contributed by atoms with Gasteiger partial charge in [-0.15, -0.1) is 6.58 Å². The maximum atomic E-state index is 13.9. The van der Waals surface area contributed by atoms with Crippen molar-refractivity contribution >= 4 is 11.6 Å². The monoisotopic (exact) mass is 358 g/mol. The van der Waals surface area contributed by atoms with Crippen LogP contribution >= 0.6 is 0 Å². The summed E-state index contributed by atoms with van der Waals surface area (Å²) >= 11 is 0. The SMILES string of the molecule is C=CCN(C[C@@H]1CC(c2ccccc2F)=NO1)C(=O)CCC1CCCC1. The number of benzene rings is 1. The van der Waals surface area contributed by atoms with Crippen molar-refractivity contribution in [3.05, 3.63) is 48.3 Å². The van der Waals surface area contributed by atoms with Crippen LogP contribution in [0.15, 0.2) is 42.1 Å². The molecule has 2 aliphatic rings. The van der Waals surface area contributed by atoms with E-state index in [1.54, 1.807) is 29.2 Å². The van der Waals surface area contributed by atoms with Crippen LogP contribution in [0.4, 0.5) is 4.39 Å². The lowest BCUT2D eigenvalue weighted by Crippen LogP contribution is -2.38. The minimum atomic E-state index is -0.300. The third kappa shape index (κ3) is 4.71. The molecule has 1 heterocycles. The number of carbonyl (C=O) groups is 1. The number of hydrogen-bond acceptors (Lipinski definition) is 3. The Bertz CT molecular complexity index is 668. The zero-order valence-electron chi connectivity index (χ0n) is 15.2. The summed E-state index contributed by atoms with van der Waals surface area (Å²) in [6, 6.07) is 6.56. The van der Waals surface area contributed by atoms with Crippen molar-refractivity contribution in [2.24, 2.45) is 11.1 Å². The van der Waals surface area contributed by atoms with Gasteiger partial charge in [-0.25, -0.2) is 4.39 Å². The van der Waals surface area contributed by atoms with E-state index < -0.39 is 0 Å². The van der Waals surface area contributed by atoms with E-state index >= 15 is 0 Å². The van der Waals surface area contributed by atoms with E-state index in [2.05, 4.69) is 11.7 Å². The maximum absolute atomic E-state index is 13.9. The summed E-state index contributed by atoms with van der Waals surface area (Å²) in [5, 5.41) is 4.04. The molecule has 0 aromatic heterocycles. The predicted molar refractivity (Wildman–Crippen MR) is 100 cm³/mol. The normalized spacial score (nSPS) is 19.9. The number of amides is 1. The van der Waals surface area contributed by atoms with Gasteiger partial charge in [0.2, 0.25) is 5.91 Å². The first-order chi connectivity index (χ1) is 12.7. The highest BCUT2D eigenvalue weighted by Crippen LogP contribution is 2.29. The first kappa shape index (κ1) is 18.6. The Labute approximate surface area is 154 Å². The van der Waals surface area contributed by atoms with Gasteiger partial charge in [0, 0.05) is 24.9 Å². The number of hydrogen-bond donors (Lipinski definition) is 0. The zero-order chi connectivity index (χ0) is 18.4. The summed E-state index contributed by atoms with van der Waals surface area (Å²) in [5.74, 6) is 0.536. The molecule has 5 heteroatoms. The van der Waals surface area contributed by atoms with Crippen molar-refractivity contribution in [1.29, 1.82) is 0 Å². The molecule has 3 rings (SSSR count). The Morgan fingerprint density at radius 3 is 2.85 bits per heavy atom. The third-order valence-corrected chi connectivity index (χ3v) is 5.29. The predicted octanol–water partition coefficient (Wildman–Crippen LogP) is 4.30. The molecule has 1 atom stereocenters. The van der Waals surface area contributed by atoms with Gasteiger partial charge in [0.15, 0.2) is 6.10 Å². The van der Waals surface area contributed by atoms with Crippen molar-refractivity contribution in [3.63, 3.8) is 0 Å². The highest BCUT2D eigenvalue weighted by atomic mass is 19.1. The summed E-state index contributed by atoms with van der Waals surface area (Å²) in [6.07, 6.45) is 8.63. The largest absolute Gasteiger partial charge is 0.390 e. The van der Waals surface area contributed by atoms with E-state index in [0.29, 0.717) is 43.1 Å². The zero-order valence-corrected chi connectivity index (χ0v) is 15.2. The molecule has 1 aromatic rings. The van der Waals surface area contributed by atoms with Crippen LogP contribution in [0, 0.1) is 11.7 Å². The molecule has 1 saturated carbocycles. The van der Waals surface area contributed by atoms with Crippen molar-refractivity contribution in [3.8, 4) is 0 Å². The summed E-state index contributed by atoms with van der Waals surface area (Å²) in [7, 11) is 0. The highest BCUT2D eigenvalue weighted by molar-refractivity contribution is 6.01. The number of rotatable bonds is 8. The van der Waals surface area contributed by atoms with Gasteiger partial charge in [0.25, 0.3) is 0 Å². The molecule has 0 radical (unpaired) electrons. The van der Waals surface area contributed by atoms with E-state index in [1.165, 1.54) is 31.7 Å². The first-order valence-electron chi connectivity index (χ1n) is 9.53. The molecular formula is C21H27FN2O2. The van der Waals surface area contributed by atoms with Crippen LogP contribution in [0.5, 0.6) is 0 Å². The fraction of sp³-hybridized carbons (Fsp3) is 0.524. The van der Waals surface area contributed by atoms with Gasteiger partial charge >= 0.3 is 0 Å². The molecule has 1 aromatic carbocycles. The van der Waals surface area contributed by atoms with Crippen molar-refractivity contribution < 1.29 is 14.0 Å². The van der Waals surface area contributed by atoms with Gasteiger partial charge in [-0.2, -0.15) is 0 Å². The van der Waals surface area contributed by atoms with Crippen LogP contribution in [0.3, 0.4) is 0 Å². The van der Waals surface area contributed by atoms with Gasteiger partial charge in [-0.05, 0) is 18.4 Å². The molecule has 26 heavy (non-hydrogen) atoms. The molecule has 140 valence electrons. The minimum absolute atomic E-state index is 0.139. The number of halogens is 1. The average molecular weight is 358 g/mol. The standard InChI is InChI=1S/C21H27FN2O2/c1-2-13-24(21(25)12-11-16-7-3-4-8-16)15-17-14-20(23-26-17)18-9-5-6-10-19(18)22/h2,5-6,9-10,16-17H,1,3-4,7-8,11-15H2/t17-/m0/s1. The Morgan fingerprint density at radius 2 is 2.12 bits per heavy atom. The van der Waals surface area contributed by atoms with Crippen LogP contribution in [0.2, 0.25) is 0 Å². The Hall–Kier alpha value is -2.17. The molecule has 0 bridgehead atoms. The fourth-order valence-electron chi connectivity index (χ4n) is 3.85. The first-order valence-corrected chi connectivity index (χ1v) is 9.53. The Balaban J connectivity index is 1.53. The van der Waals surface area contributed by atoms with Gasteiger partial charge < -0.3 is 9.74 Å². The Morgan fingerprint density at radius 1 is 1.35 bits per heavy atom. The summed E-state index contributed by atoms with van der Waals surface area (Å²) in [4.78, 5) is 19.9. The number of oxime groups is 1. The smallest absolute Gasteiger partial charge is 0.222 e. The average Bonchev–Trinajstić information content (AvgIpc) is 3.31. The summed E-state index contributed by atoms with van der Waals surface area (Å²) < 4.78 is 13.9. The molecule has 0 N–H and O–H groups in total. The van der Waals surface area contributed by atoms with Crippen LogP contribution in [0.1, 0.15) is 50.5 Å². The molecule has 1 fully saturated rings. The van der Waals surface area contributed by atoms with E-state index in [0.717, 1.165) is 6.42 Å². The highest BCUT2D eigenvalue weighted by Gasteiger charge is 2.27. The molecule has 0 spiro atoms. The van der Waals surface area contributed by atoms with Crippen LogP contribution in [-0.2, 0) is 9.63 Å². The third-order valence-electron chi connectivity index (χ3n) is 5.29. The van der Waals surface area contributed by atoms with Gasteiger partial charge in [0.1, 0.15) is 5.82 Å². The fourth-order valence-corrected chi connectivity index (χ4v) is 3.85. The Kier molecular flexibility index (Phi) is 6.42. The summed E-state index contributed by atoms with van der Waals surface area (Å²) in [6.45, 7) is 4.71. The molecule has 1 amide bonds. The van der Waals surface area contributed by atoms with Gasteiger partial charge in [-0.3, -0.25) is 4.79 Å². The van der Waals surface area contributed by atoms with Crippen molar-refractivity contribution in [2.75, 3.05) is 13.1 Å². The lowest BCUT2D eigenvalue weighted by molar-refractivity contribution is -0.132. The number of nitrogens with zero attached hydrogens (tertiary/aromatic N) is 2. The van der Waals surface area contributed by atoms with Gasteiger partial charge in [-0.1, -0.05) is 55.1 Å². The van der Waals surface area contributed by atoms with E-state index in [1.807, 2.05) is 0 Å². The van der Waals surface area contributed by atoms with E-state index in [9.17, 15) is 9.18 Å². The maximum Gasteiger partial charge on any atom is 0.222 e. The molecule has 1 aliphatic heterocycles. The molecule has 0 saturated heterocycles. The molecule has 4 nitrogen and oxygen atoms in total. The molecule has 1 aliphatic carbocycles. The second kappa shape index (κ2) is 8.97. The second-order valence-corrected chi connectivity index (χ2v) is 7.23. The van der Waals surface area contributed by atoms with E-state index in [4.69, 9.17) is 4.84 Å². The quantitative estimate of drug-likeness (QED) is 0.650. The summed E-state index contributed by atoms with van der Waals surface area (Å²) in [5.41, 5.74) is 1.07. The second-order valence-electron chi connectivity index (χ2n) is 7.23. The lowest BCUT2D eigenvalue weighted by atomic mass is 10.0. The van der Waals surface area contributed by atoms with Crippen LogP contribution in [0.25, 0.3) is 0 Å². The lowest BCUT2D eigenvalue weighted by Gasteiger charge is -2.24. The number of carbonyl (C=O) groups excluding carboxylic acids is 1.